The number of aromatic nitrogens is 1. The molecule has 0 saturated carbocycles. The fraction of sp³-hybridized carbons (Fsp3) is 0.400. The third-order valence-corrected chi connectivity index (χ3v) is 3.49. The Labute approximate surface area is 117 Å². The normalized spacial score (nSPS) is 10.9. The van der Waals surface area contributed by atoms with Gasteiger partial charge in [0, 0.05) is 27.8 Å². The Morgan fingerprint density at radius 3 is 2.67 bits per heavy atom. The number of hydrogen-bond acceptors (Lipinski definition) is 2. The molecule has 0 amide bonds. The molecule has 3 heteroatoms. The summed E-state index contributed by atoms with van der Waals surface area (Å²) in [7, 11) is 0. The van der Waals surface area contributed by atoms with Crippen LogP contribution in [0.2, 0.25) is 0 Å². The molecule has 0 radical (unpaired) electrons. The molecule has 0 aliphatic rings. The van der Waals surface area contributed by atoms with Crippen LogP contribution in [0.5, 0.6) is 0 Å². The second kappa shape index (κ2) is 5.70. The number of nitrogens with one attached hydrogen (secondary N) is 1. The van der Waals surface area contributed by atoms with E-state index >= 15 is 0 Å². The molecule has 2 aromatic rings. The third kappa shape index (κ3) is 2.66. The van der Waals surface area contributed by atoms with Gasteiger partial charge in [-0.25, -0.2) is 0 Å². The third-order valence-electron chi connectivity index (χ3n) is 3.03. The Balaban J connectivity index is 2.66. The molecule has 0 bridgehead atoms. The SMILES string of the molecule is CCCNc1cc(C)nc2c(CC)cc(Br)cc12. The standard InChI is InChI=1S/C15H19BrN2/c1-4-6-17-14-7-10(3)18-15-11(5-2)8-12(16)9-13(14)15/h7-9H,4-6H2,1-3H3,(H,17,18). The van der Waals surface area contributed by atoms with Crippen molar-refractivity contribution in [3.05, 3.63) is 33.9 Å². The van der Waals surface area contributed by atoms with Gasteiger partial charge in [-0.1, -0.05) is 29.8 Å². The maximum Gasteiger partial charge on any atom is 0.0758 e. The molecule has 0 spiro atoms. The van der Waals surface area contributed by atoms with Gasteiger partial charge in [-0.15, -0.1) is 0 Å². The highest BCUT2D eigenvalue weighted by Crippen LogP contribution is 2.29. The Bertz CT molecular complexity index is 564. The molecule has 18 heavy (non-hydrogen) atoms. The van der Waals surface area contributed by atoms with Crippen LogP contribution in [0.4, 0.5) is 5.69 Å². The first kappa shape index (κ1) is 13.3. The Morgan fingerprint density at radius 1 is 1.22 bits per heavy atom. The molecule has 1 aromatic heterocycles. The number of halogens is 1. The van der Waals surface area contributed by atoms with Crippen molar-refractivity contribution in [3.63, 3.8) is 0 Å². The lowest BCUT2D eigenvalue weighted by molar-refractivity contribution is 0.980. The molecular weight excluding hydrogens is 288 g/mol. The van der Waals surface area contributed by atoms with Crippen molar-refractivity contribution < 1.29 is 0 Å². The Morgan fingerprint density at radius 2 is 2.00 bits per heavy atom. The van der Waals surface area contributed by atoms with Gasteiger partial charge in [-0.05, 0) is 43.5 Å². The summed E-state index contributed by atoms with van der Waals surface area (Å²) in [5.74, 6) is 0. The van der Waals surface area contributed by atoms with Crippen LogP contribution in [0.1, 0.15) is 31.5 Å². The lowest BCUT2D eigenvalue weighted by atomic mass is 10.1. The smallest absolute Gasteiger partial charge is 0.0758 e. The van der Waals surface area contributed by atoms with Gasteiger partial charge in [0.25, 0.3) is 0 Å². The van der Waals surface area contributed by atoms with Gasteiger partial charge in [0.1, 0.15) is 0 Å². The maximum atomic E-state index is 4.70. The van der Waals surface area contributed by atoms with Crippen molar-refractivity contribution in [2.24, 2.45) is 0 Å². The Hall–Kier alpha value is -1.09. The van der Waals surface area contributed by atoms with E-state index in [1.54, 1.807) is 0 Å². The molecule has 0 fully saturated rings. The molecular formula is C15H19BrN2. The highest BCUT2D eigenvalue weighted by molar-refractivity contribution is 9.10. The molecule has 0 aliphatic carbocycles. The van der Waals surface area contributed by atoms with Crippen molar-refractivity contribution in [1.82, 2.24) is 4.98 Å². The molecule has 1 heterocycles. The first-order valence-corrected chi connectivity index (χ1v) is 7.28. The van der Waals surface area contributed by atoms with E-state index in [9.17, 15) is 0 Å². The summed E-state index contributed by atoms with van der Waals surface area (Å²) in [6.07, 6.45) is 2.12. The average Bonchev–Trinajstić information content (AvgIpc) is 2.35. The molecule has 0 atom stereocenters. The van der Waals surface area contributed by atoms with Crippen LogP contribution in [0.15, 0.2) is 22.7 Å². The van der Waals surface area contributed by atoms with Crippen LogP contribution in [-0.4, -0.2) is 11.5 Å². The molecule has 1 aromatic carbocycles. The average molecular weight is 307 g/mol. The van der Waals surface area contributed by atoms with Gasteiger partial charge in [-0.2, -0.15) is 0 Å². The molecule has 0 saturated heterocycles. The summed E-state index contributed by atoms with van der Waals surface area (Å²) in [4.78, 5) is 4.70. The summed E-state index contributed by atoms with van der Waals surface area (Å²) in [5.41, 5.74) is 4.68. The Kier molecular flexibility index (Phi) is 4.23. The monoisotopic (exact) mass is 306 g/mol. The van der Waals surface area contributed by atoms with Gasteiger partial charge in [0.2, 0.25) is 0 Å². The van der Waals surface area contributed by atoms with E-state index in [1.807, 2.05) is 0 Å². The largest absolute Gasteiger partial charge is 0.384 e. The summed E-state index contributed by atoms with van der Waals surface area (Å²) in [6.45, 7) is 7.39. The first-order valence-electron chi connectivity index (χ1n) is 6.49. The van der Waals surface area contributed by atoms with Crippen molar-refractivity contribution in [3.8, 4) is 0 Å². The van der Waals surface area contributed by atoms with E-state index in [2.05, 4.69) is 60.2 Å². The van der Waals surface area contributed by atoms with Gasteiger partial charge in [0.05, 0.1) is 5.52 Å². The minimum atomic E-state index is 0.993. The summed E-state index contributed by atoms with van der Waals surface area (Å²) in [6, 6.07) is 6.45. The number of hydrogen-bond donors (Lipinski definition) is 1. The van der Waals surface area contributed by atoms with Crippen LogP contribution in [0.3, 0.4) is 0 Å². The van der Waals surface area contributed by atoms with Crippen LogP contribution in [0.25, 0.3) is 10.9 Å². The molecule has 96 valence electrons. The summed E-state index contributed by atoms with van der Waals surface area (Å²) >= 11 is 3.59. The first-order chi connectivity index (χ1) is 8.65. The second-order valence-corrected chi connectivity index (χ2v) is 5.47. The zero-order chi connectivity index (χ0) is 13.1. The minimum absolute atomic E-state index is 0.993. The van der Waals surface area contributed by atoms with Crippen molar-refractivity contribution in [1.29, 1.82) is 0 Å². The van der Waals surface area contributed by atoms with E-state index in [0.717, 1.165) is 35.1 Å². The van der Waals surface area contributed by atoms with Crippen LogP contribution >= 0.6 is 15.9 Å². The topological polar surface area (TPSA) is 24.9 Å². The number of fused-ring (bicyclic) bond motifs is 1. The molecule has 2 nitrogen and oxygen atoms in total. The van der Waals surface area contributed by atoms with Crippen LogP contribution < -0.4 is 5.32 Å². The van der Waals surface area contributed by atoms with Crippen LogP contribution in [0, 0.1) is 6.92 Å². The van der Waals surface area contributed by atoms with E-state index in [1.165, 1.54) is 16.6 Å². The van der Waals surface area contributed by atoms with E-state index in [4.69, 9.17) is 4.98 Å². The highest BCUT2D eigenvalue weighted by Gasteiger charge is 2.08. The van der Waals surface area contributed by atoms with E-state index in [0.29, 0.717) is 0 Å². The number of aryl methyl sites for hydroxylation is 2. The van der Waals surface area contributed by atoms with Crippen molar-refractivity contribution in [2.45, 2.75) is 33.6 Å². The van der Waals surface area contributed by atoms with Crippen molar-refractivity contribution >= 4 is 32.5 Å². The predicted molar refractivity (Wildman–Crippen MR) is 82.3 cm³/mol. The number of pyridine rings is 1. The zero-order valence-corrected chi connectivity index (χ0v) is 12.8. The molecule has 0 unspecified atom stereocenters. The maximum absolute atomic E-state index is 4.70. The molecule has 2 rings (SSSR count). The fourth-order valence-electron chi connectivity index (χ4n) is 2.16. The highest BCUT2D eigenvalue weighted by atomic mass is 79.9. The van der Waals surface area contributed by atoms with Gasteiger partial charge in [-0.3, -0.25) is 4.98 Å². The quantitative estimate of drug-likeness (QED) is 0.886. The van der Waals surface area contributed by atoms with Gasteiger partial charge in [0.15, 0.2) is 0 Å². The van der Waals surface area contributed by atoms with E-state index < -0.39 is 0 Å². The number of benzene rings is 1. The van der Waals surface area contributed by atoms with Gasteiger partial charge < -0.3 is 5.32 Å². The second-order valence-electron chi connectivity index (χ2n) is 4.55. The van der Waals surface area contributed by atoms with E-state index in [-0.39, 0.29) is 0 Å². The van der Waals surface area contributed by atoms with Crippen molar-refractivity contribution in [2.75, 3.05) is 11.9 Å². The summed E-state index contributed by atoms with van der Waals surface area (Å²) < 4.78 is 1.12. The molecule has 0 aliphatic heterocycles. The lowest BCUT2D eigenvalue weighted by Crippen LogP contribution is -2.02. The zero-order valence-electron chi connectivity index (χ0n) is 11.2. The summed E-state index contributed by atoms with van der Waals surface area (Å²) in [5, 5.41) is 4.70. The number of anilines is 1. The lowest BCUT2D eigenvalue weighted by Gasteiger charge is -2.13. The molecule has 1 N–H and O–H groups in total. The van der Waals surface area contributed by atoms with Crippen LogP contribution in [-0.2, 0) is 6.42 Å². The van der Waals surface area contributed by atoms with Gasteiger partial charge >= 0.3 is 0 Å². The number of rotatable bonds is 4. The predicted octanol–water partition coefficient (Wildman–Crippen LogP) is 4.69. The fourth-order valence-corrected chi connectivity index (χ4v) is 2.67. The number of nitrogens with zero attached hydrogens (tertiary/aromatic N) is 1. The minimum Gasteiger partial charge on any atom is -0.384 e.